The van der Waals surface area contributed by atoms with E-state index in [2.05, 4.69) is 29.4 Å². The van der Waals surface area contributed by atoms with Gasteiger partial charge in [0.2, 0.25) is 0 Å². The fourth-order valence-corrected chi connectivity index (χ4v) is 4.42. The van der Waals surface area contributed by atoms with Gasteiger partial charge >= 0.3 is 12.0 Å². The third-order valence-electron chi connectivity index (χ3n) is 6.36. The molecule has 3 rings (SSSR count). The Kier molecular flexibility index (Phi) is 8.56. The summed E-state index contributed by atoms with van der Waals surface area (Å²) in [6.07, 6.45) is 5.39. The highest BCUT2D eigenvalue weighted by atomic mass is 16.7. The Balaban J connectivity index is 1.31. The molecule has 8 nitrogen and oxygen atoms in total. The molecule has 0 saturated carbocycles. The summed E-state index contributed by atoms with van der Waals surface area (Å²) in [7, 11) is 0. The summed E-state index contributed by atoms with van der Waals surface area (Å²) in [6, 6.07) is 0.895. The van der Waals surface area contributed by atoms with Gasteiger partial charge in [0.1, 0.15) is 0 Å². The SMILES string of the molecule is CC(C)CCC(=O)ON1CCC(NC(=O)N2CCN(C3CCNCC3)CC2)CC1. The first-order valence-corrected chi connectivity index (χ1v) is 11.5. The summed E-state index contributed by atoms with van der Waals surface area (Å²) < 4.78 is 0. The number of carbonyl (C=O) groups is 2. The molecule has 3 fully saturated rings. The normalized spacial score (nSPS) is 23.3. The van der Waals surface area contributed by atoms with E-state index in [9.17, 15) is 9.59 Å². The Morgan fingerprint density at radius 3 is 2.28 bits per heavy atom. The van der Waals surface area contributed by atoms with E-state index in [-0.39, 0.29) is 18.0 Å². The van der Waals surface area contributed by atoms with E-state index in [4.69, 9.17) is 4.84 Å². The number of hydroxylamine groups is 2. The second-order valence-electron chi connectivity index (χ2n) is 9.05. The molecule has 2 N–H and O–H groups in total. The molecule has 3 heterocycles. The smallest absolute Gasteiger partial charge is 0.325 e. The minimum atomic E-state index is -0.146. The highest BCUT2D eigenvalue weighted by Gasteiger charge is 2.29. The molecule has 8 heteroatoms. The largest absolute Gasteiger partial charge is 0.368 e. The lowest BCUT2D eigenvalue weighted by atomic mass is 10.0. The minimum Gasteiger partial charge on any atom is -0.368 e. The number of piperazine rings is 1. The third kappa shape index (κ3) is 7.12. The van der Waals surface area contributed by atoms with Crippen LogP contribution in [0, 0.1) is 5.92 Å². The molecule has 0 aromatic carbocycles. The van der Waals surface area contributed by atoms with Crippen molar-refractivity contribution in [1.82, 2.24) is 25.5 Å². The fraction of sp³-hybridized carbons (Fsp3) is 0.905. The van der Waals surface area contributed by atoms with Crippen LogP contribution in [-0.4, -0.2) is 91.3 Å². The topological polar surface area (TPSA) is 77.2 Å². The Morgan fingerprint density at radius 1 is 1.00 bits per heavy atom. The Labute approximate surface area is 175 Å². The van der Waals surface area contributed by atoms with Crippen LogP contribution >= 0.6 is 0 Å². The van der Waals surface area contributed by atoms with Crippen molar-refractivity contribution >= 4 is 12.0 Å². The van der Waals surface area contributed by atoms with E-state index in [1.54, 1.807) is 5.06 Å². The maximum Gasteiger partial charge on any atom is 0.325 e. The van der Waals surface area contributed by atoms with Gasteiger partial charge in [-0.15, -0.1) is 5.06 Å². The van der Waals surface area contributed by atoms with Crippen LogP contribution in [-0.2, 0) is 9.63 Å². The van der Waals surface area contributed by atoms with Gasteiger partial charge in [0.05, 0.1) is 0 Å². The number of hydrogen-bond donors (Lipinski definition) is 2. The molecule has 3 aliphatic rings. The van der Waals surface area contributed by atoms with E-state index in [0.29, 0.717) is 31.5 Å². The molecule has 0 radical (unpaired) electrons. The molecular formula is C21H39N5O3. The number of carbonyl (C=O) groups excluding carboxylic acids is 2. The van der Waals surface area contributed by atoms with Crippen LogP contribution in [0.5, 0.6) is 0 Å². The maximum absolute atomic E-state index is 12.6. The van der Waals surface area contributed by atoms with Gasteiger partial charge in [0.25, 0.3) is 0 Å². The molecule has 0 bridgehead atoms. The zero-order chi connectivity index (χ0) is 20.6. The van der Waals surface area contributed by atoms with Gasteiger partial charge in [-0.25, -0.2) is 4.79 Å². The second-order valence-corrected chi connectivity index (χ2v) is 9.05. The van der Waals surface area contributed by atoms with Crippen molar-refractivity contribution in [2.24, 2.45) is 5.92 Å². The Morgan fingerprint density at radius 2 is 1.66 bits per heavy atom. The fourth-order valence-electron chi connectivity index (χ4n) is 4.42. The summed E-state index contributed by atoms with van der Waals surface area (Å²) in [4.78, 5) is 34.5. The summed E-state index contributed by atoms with van der Waals surface area (Å²) in [6.45, 7) is 11.4. The van der Waals surface area contributed by atoms with Crippen molar-refractivity contribution in [3.63, 3.8) is 0 Å². The van der Waals surface area contributed by atoms with Crippen molar-refractivity contribution < 1.29 is 14.4 Å². The monoisotopic (exact) mass is 409 g/mol. The van der Waals surface area contributed by atoms with Gasteiger partial charge in [-0.05, 0) is 51.1 Å². The van der Waals surface area contributed by atoms with Gasteiger partial charge in [0, 0.05) is 57.8 Å². The minimum absolute atomic E-state index is 0.0577. The molecule has 3 saturated heterocycles. The summed E-state index contributed by atoms with van der Waals surface area (Å²) >= 11 is 0. The summed E-state index contributed by atoms with van der Waals surface area (Å²) in [5.41, 5.74) is 0. The van der Waals surface area contributed by atoms with Gasteiger partial charge in [0.15, 0.2) is 0 Å². The van der Waals surface area contributed by atoms with Crippen LogP contribution in [0.2, 0.25) is 0 Å². The second kappa shape index (κ2) is 11.1. The molecular weight excluding hydrogens is 370 g/mol. The van der Waals surface area contributed by atoms with Crippen LogP contribution in [0.4, 0.5) is 4.79 Å². The number of nitrogens with one attached hydrogen (secondary N) is 2. The van der Waals surface area contributed by atoms with Crippen LogP contribution in [0.25, 0.3) is 0 Å². The lowest BCUT2D eigenvalue weighted by Gasteiger charge is -2.41. The van der Waals surface area contributed by atoms with Crippen LogP contribution in [0.15, 0.2) is 0 Å². The van der Waals surface area contributed by atoms with Crippen molar-refractivity contribution in [3.8, 4) is 0 Å². The number of hydrogen-bond acceptors (Lipinski definition) is 6. The van der Waals surface area contributed by atoms with Crippen molar-refractivity contribution in [3.05, 3.63) is 0 Å². The standard InChI is InChI=1S/C21H39N5O3/c1-17(2)3-4-20(27)29-26-11-7-18(8-12-26)23-21(28)25-15-13-24(14-16-25)19-5-9-22-10-6-19/h17-19,22H,3-16H2,1-2H3,(H,23,28). The van der Waals surface area contributed by atoms with Crippen LogP contribution in [0.1, 0.15) is 52.4 Å². The van der Waals surface area contributed by atoms with E-state index in [0.717, 1.165) is 58.5 Å². The van der Waals surface area contributed by atoms with E-state index in [1.807, 2.05) is 4.90 Å². The van der Waals surface area contributed by atoms with E-state index >= 15 is 0 Å². The highest BCUT2D eigenvalue weighted by molar-refractivity contribution is 5.74. The van der Waals surface area contributed by atoms with Gasteiger partial charge < -0.3 is 20.4 Å². The molecule has 0 aromatic rings. The molecule has 29 heavy (non-hydrogen) atoms. The zero-order valence-electron chi connectivity index (χ0n) is 18.2. The number of piperidine rings is 2. The van der Waals surface area contributed by atoms with Crippen molar-refractivity contribution in [1.29, 1.82) is 0 Å². The molecule has 2 amide bonds. The molecule has 166 valence electrons. The van der Waals surface area contributed by atoms with Gasteiger partial charge in [-0.2, -0.15) is 0 Å². The van der Waals surface area contributed by atoms with E-state index in [1.165, 1.54) is 12.8 Å². The van der Waals surface area contributed by atoms with Gasteiger partial charge in [-0.3, -0.25) is 9.69 Å². The summed E-state index contributed by atoms with van der Waals surface area (Å²) in [5, 5.41) is 8.36. The molecule has 3 aliphatic heterocycles. The first-order chi connectivity index (χ1) is 14.0. The number of urea groups is 1. The molecule has 0 atom stereocenters. The van der Waals surface area contributed by atoms with Gasteiger partial charge in [-0.1, -0.05) is 13.8 Å². The lowest BCUT2D eigenvalue weighted by Crippen LogP contribution is -2.57. The number of rotatable bonds is 6. The predicted octanol–water partition coefficient (Wildman–Crippen LogP) is 1.42. The lowest BCUT2D eigenvalue weighted by molar-refractivity contribution is -0.195. The Bertz CT molecular complexity index is 522. The molecule has 0 unspecified atom stereocenters. The zero-order valence-corrected chi connectivity index (χ0v) is 18.2. The van der Waals surface area contributed by atoms with Crippen molar-refractivity contribution in [2.45, 2.75) is 64.5 Å². The summed E-state index contributed by atoms with van der Waals surface area (Å²) in [5.74, 6) is 0.359. The van der Waals surface area contributed by atoms with Crippen LogP contribution < -0.4 is 10.6 Å². The molecule has 0 spiro atoms. The van der Waals surface area contributed by atoms with Crippen LogP contribution in [0.3, 0.4) is 0 Å². The maximum atomic E-state index is 12.6. The number of nitrogens with zero attached hydrogens (tertiary/aromatic N) is 3. The quantitative estimate of drug-likeness (QED) is 0.691. The predicted molar refractivity (Wildman–Crippen MR) is 112 cm³/mol. The first-order valence-electron chi connectivity index (χ1n) is 11.5. The highest BCUT2D eigenvalue weighted by Crippen LogP contribution is 2.16. The third-order valence-corrected chi connectivity index (χ3v) is 6.36. The average molecular weight is 410 g/mol. The molecule has 0 aromatic heterocycles. The first kappa shape index (κ1) is 22.3. The average Bonchev–Trinajstić information content (AvgIpc) is 2.74. The van der Waals surface area contributed by atoms with E-state index < -0.39 is 0 Å². The van der Waals surface area contributed by atoms with Crippen molar-refractivity contribution in [2.75, 3.05) is 52.4 Å². The molecule has 0 aliphatic carbocycles. The Hall–Kier alpha value is -1.38. The number of amides is 2.